The van der Waals surface area contributed by atoms with Crippen LogP contribution in [0.2, 0.25) is 0 Å². The highest BCUT2D eigenvalue weighted by Gasteiger charge is 2.27. The quantitative estimate of drug-likeness (QED) is 0.804. The molecule has 0 heterocycles. The first-order valence-corrected chi connectivity index (χ1v) is 6.81. The predicted octanol–water partition coefficient (Wildman–Crippen LogP) is 3.63. The van der Waals surface area contributed by atoms with Gasteiger partial charge in [0.1, 0.15) is 5.82 Å². The fourth-order valence-corrected chi connectivity index (χ4v) is 2.59. The third kappa shape index (κ3) is 3.45. The summed E-state index contributed by atoms with van der Waals surface area (Å²) >= 11 is 0. The molecular weight excluding hydrogens is 229 g/mol. The number of rotatable bonds is 3. The van der Waals surface area contributed by atoms with Gasteiger partial charge in [-0.25, -0.2) is 4.39 Å². The van der Waals surface area contributed by atoms with Crippen LogP contribution in [0, 0.1) is 12.7 Å². The maximum atomic E-state index is 13.7. The third-order valence-electron chi connectivity index (χ3n) is 3.77. The molecule has 1 aromatic carbocycles. The lowest BCUT2D eigenvalue weighted by Gasteiger charge is -2.27. The molecule has 0 saturated heterocycles. The molecule has 2 nitrogen and oxygen atoms in total. The summed E-state index contributed by atoms with van der Waals surface area (Å²) in [4.78, 5) is 0. The second-order valence-corrected chi connectivity index (χ2v) is 5.48. The number of hydrogen-bond acceptors (Lipinski definition) is 2. The summed E-state index contributed by atoms with van der Waals surface area (Å²) in [6.45, 7) is 2.30. The van der Waals surface area contributed by atoms with E-state index >= 15 is 0 Å². The highest BCUT2D eigenvalue weighted by atomic mass is 19.1. The van der Waals surface area contributed by atoms with Crippen LogP contribution in [0.4, 0.5) is 10.1 Å². The largest absolute Gasteiger partial charge is 0.388 e. The Kier molecular flexibility index (Phi) is 4.23. The summed E-state index contributed by atoms with van der Waals surface area (Å²) in [5.41, 5.74) is 0.720. The molecule has 0 radical (unpaired) electrons. The van der Waals surface area contributed by atoms with E-state index < -0.39 is 5.60 Å². The van der Waals surface area contributed by atoms with E-state index in [4.69, 9.17) is 0 Å². The molecule has 2 N–H and O–H groups in total. The van der Waals surface area contributed by atoms with E-state index in [-0.39, 0.29) is 5.82 Å². The molecule has 0 aromatic heterocycles. The molecular formula is C15H22FNO. The Bertz CT molecular complexity index is 397. The highest BCUT2D eigenvalue weighted by Crippen LogP contribution is 2.27. The average Bonchev–Trinajstić information content (AvgIpc) is 2.54. The zero-order valence-electron chi connectivity index (χ0n) is 11.0. The number of nitrogens with one attached hydrogen (secondary N) is 1. The fraction of sp³-hybridized carbons (Fsp3) is 0.600. The Labute approximate surface area is 108 Å². The second kappa shape index (κ2) is 5.70. The predicted molar refractivity (Wildman–Crippen MR) is 72.3 cm³/mol. The SMILES string of the molecule is Cc1ccc(NCC2(O)CCCCCC2)c(F)c1. The fourth-order valence-electron chi connectivity index (χ4n) is 2.59. The third-order valence-corrected chi connectivity index (χ3v) is 3.77. The Morgan fingerprint density at radius 2 is 1.89 bits per heavy atom. The average molecular weight is 251 g/mol. The van der Waals surface area contributed by atoms with E-state index in [1.165, 1.54) is 18.9 Å². The Hall–Kier alpha value is -1.09. The smallest absolute Gasteiger partial charge is 0.146 e. The van der Waals surface area contributed by atoms with Crippen LogP contribution in [0.3, 0.4) is 0 Å². The number of aliphatic hydroxyl groups is 1. The molecule has 0 bridgehead atoms. The van der Waals surface area contributed by atoms with E-state index in [1.54, 1.807) is 6.07 Å². The van der Waals surface area contributed by atoms with Crippen molar-refractivity contribution in [3.63, 3.8) is 0 Å². The van der Waals surface area contributed by atoms with Crippen molar-refractivity contribution in [2.75, 3.05) is 11.9 Å². The van der Waals surface area contributed by atoms with Crippen molar-refractivity contribution in [1.29, 1.82) is 0 Å². The lowest BCUT2D eigenvalue weighted by atomic mass is 9.94. The molecule has 18 heavy (non-hydrogen) atoms. The van der Waals surface area contributed by atoms with Crippen LogP contribution in [-0.2, 0) is 0 Å². The van der Waals surface area contributed by atoms with Gasteiger partial charge in [0.25, 0.3) is 0 Å². The van der Waals surface area contributed by atoms with Gasteiger partial charge < -0.3 is 10.4 Å². The standard InChI is InChI=1S/C15H22FNO/c1-12-6-7-14(13(16)10-12)17-11-15(18)8-4-2-3-5-9-15/h6-7,10,17-18H,2-5,8-9,11H2,1H3. The molecule has 2 rings (SSSR count). The molecule has 1 aliphatic rings. The molecule has 0 spiro atoms. The van der Waals surface area contributed by atoms with Crippen molar-refractivity contribution in [2.45, 2.75) is 51.0 Å². The van der Waals surface area contributed by atoms with Crippen LogP contribution in [-0.4, -0.2) is 17.3 Å². The molecule has 1 fully saturated rings. The lowest BCUT2D eigenvalue weighted by molar-refractivity contribution is 0.0381. The first kappa shape index (κ1) is 13.3. The summed E-state index contributed by atoms with van der Waals surface area (Å²) < 4.78 is 13.7. The molecule has 0 aliphatic heterocycles. The minimum atomic E-state index is -0.673. The molecule has 1 saturated carbocycles. The van der Waals surface area contributed by atoms with Crippen LogP contribution in [0.25, 0.3) is 0 Å². The molecule has 100 valence electrons. The van der Waals surface area contributed by atoms with Crippen LogP contribution < -0.4 is 5.32 Å². The minimum Gasteiger partial charge on any atom is -0.388 e. The van der Waals surface area contributed by atoms with Crippen molar-refractivity contribution in [1.82, 2.24) is 0 Å². The molecule has 3 heteroatoms. The van der Waals surface area contributed by atoms with Gasteiger partial charge >= 0.3 is 0 Å². The number of hydrogen-bond donors (Lipinski definition) is 2. The van der Waals surface area contributed by atoms with Gasteiger partial charge in [-0.2, -0.15) is 0 Å². The van der Waals surface area contributed by atoms with Crippen molar-refractivity contribution < 1.29 is 9.50 Å². The van der Waals surface area contributed by atoms with Crippen LogP contribution in [0.5, 0.6) is 0 Å². The summed E-state index contributed by atoms with van der Waals surface area (Å²) in [5, 5.41) is 13.5. The number of halogens is 1. The molecule has 1 aromatic rings. The van der Waals surface area contributed by atoms with E-state index in [1.807, 2.05) is 13.0 Å². The van der Waals surface area contributed by atoms with E-state index in [0.29, 0.717) is 12.2 Å². The molecule has 0 amide bonds. The summed E-state index contributed by atoms with van der Waals surface area (Å²) in [6, 6.07) is 5.13. The van der Waals surface area contributed by atoms with Gasteiger partial charge in [0.2, 0.25) is 0 Å². The van der Waals surface area contributed by atoms with Gasteiger partial charge in [-0.15, -0.1) is 0 Å². The molecule has 0 unspecified atom stereocenters. The molecule has 1 aliphatic carbocycles. The molecule has 0 atom stereocenters. The van der Waals surface area contributed by atoms with Crippen LogP contribution in [0.1, 0.15) is 44.1 Å². The summed E-state index contributed by atoms with van der Waals surface area (Å²) in [7, 11) is 0. The zero-order chi connectivity index (χ0) is 13.0. The van der Waals surface area contributed by atoms with E-state index in [0.717, 1.165) is 31.2 Å². The van der Waals surface area contributed by atoms with Crippen molar-refractivity contribution in [3.05, 3.63) is 29.6 Å². The van der Waals surface area contributed by atoms with Gasteiger partial charge in [0, 0.05) is 6.54 Å². The maximum absolute atomic E-state index is 13.7. The van der Waals surface area contributed by atoms with Crippen molar-refractivity contribution in [3.8, 4) is 0 Å². The zero-order valence-corrected chi connectivity index (χ0v) is 11.0. The Balaban J connectivity index is 1.97. The maximum Gasteiger partial charge on any atom is 0.146 e. The first-order valence-electron chi connectivity index (χ1n) is 6.81. The topological polar surface area (TPSA) is 32.3 Å². The van der Waals surface area contributed by atoms with Crippen molar-refractivity contribution in [2.24, 2.45) is 0 Å². The van der Waals surface area contributed by atoms with Crippen LogP contribution >= 0.6 is 0 Å². The Morgan fingerprint density at radius 3 is 2.50 bits per heavy atom. The number of anilines is 1. The van der Waals surface area contributed by atoms with Gasteiger partial charge in [0.05, 0.1) is 11.3 Å². The van der Waals surface area contributed by atoms with E-state index in [2.05, 4.69) is 5.32 Å². The van der Waals surface area contributed by atoms with Gasteiger partial charge in [0.15, 0.2) is 0 Å². The van der Waals surface area contributed by atoms with Crippen molar-refractivity contribution >= 4 is 5.69 Å². The van der Waals surface area contributed by atoms with E-state index in [9.17, 15) is 9.50 Å². The highest BCUT2D eigenvalue weighted by molar-refractivity contribution is 5.46. The monoisotopic (exact) mass is 251 g/mol. The van der Waals surface area contributed by atoms with Crippen LogP contribution in [0.15, 0.2) is 18.2 Å². The number of benzene rings is 1. The number of aryl methyl sites for hydroxylation is 1. The lowest BCUT2D eigenvalue weighted by Crippen LogP contribution is -2.36. The second-order valence-electron chi connectivity index (χ2n) is 5.48. The normalized spacial score (nSPS) is 19.3. The summed E-state index contributed by atoms with van der Waals surface area (Å²) in [6.07, 6.45) is 6.15. The first-order chi connectivity index (χ1) is 8.59. The van der Waals surface area contributed by atoms with Gasteiger partial charge in [-0.1, -0.05) is 31.7 Å². The summed E-state index contributed by atoms with van der Waals surface area (Å²) in [5.74, 6) is -0.243. The van der Waals surface area contributed by atoms with Gasteiger partial charge in [-0.3, -0.25) is 0 Å². The van der Waals surface area contributed by atoms with Gasteiger partial charge in [-0.05, 0) is 37.5 Å². The minimum absolute atomic E-state index is 0.243. The Morgan fingerprint density at radius 1 is 1.22 bits per heavy atom.